The Kier molecular flexibility index (Phi) is 7.09. The number of amides is 1. The summed E-state index contributed by atoms with van der Waals surface area (Å²) in [6.07, 6.45) is -10.7. The molecule has 1 saturated heterocycles. The number of nitrogens with one attached hydrogen (secondary N) is 1. The number of alkyl halides is 6. The summed E-state index contributed by atoms with van der Waals surface area (Å²) < 4.78 is 99.8. The lowest BCUT2D eigenvalue weighted by Gasteiger charge is -2.31. The molecule has 11 heteroatoms. The maximum absolute atomic E-state index is 13.6. The average molecular weight is 533 g/mol. The van der Waals surface area contributed by atoms with Crippen molar-refractivity contribution in [3.8, 4) is 0 Å². The van der Waals surface area contributed by atoms with Crippen LogP contribution in [0, 0.1) is 11.7 Å². The number of ether oxygens (including phenoxy) is 1. The number of hydrogen-bond acceptors (Lipinski definition) is 3. The van der Waals surface area contributed by atoms with Crippen molar-refractivity contribution >= 4 is 5.91 Å². The second-order valence-electron chi connectivity index (χ2n) is 10.0. The summed E-state index contributed by atoms with van der Waals surface area (Å²) in [7, 11) is 0. The van der Waals surface area contributed by atoms with Gasteiger partial charge in [-0.05, 0) is 74.1 Å². The number of carbonyl (C=O) groups excluding carboxylic acids is 1. The van der Waals surface area contributed by atoms with E-state index in [1.54, 1.807) is 12.1 Å². The second kappa shape index (κ2) is 9.58. The average Bonchev–Trinajstić information content (AvgIpc) is 3.32. The Hall–Kier alpha value is -2.66. The molecule has 202 valence electrons. The molecule has 37 heavy (non-hydrogen) atoms. The molecular formula is C26H26F7NO3. The third kappa shape index (κ3) is 5.77. The van der Waals surface area contributed by atoms with Gasteiger partial charge in [-0.2, -0.15) is 26.3 Å². The Bertz CT molecular complexity index is 1110. The number of rotatable bonds is 5. The predicted molar refractivity (Wildman–Crippen MR) is 119 cm³/mol. The first-order valence-corrected chi connectivity index (χ1v) is 11.8. The van der Waals surface area contributed by atoms with Crippen LogP contribution in [0.25, 0.3) is 0 Å². The monoisotopic (exact) mass is 533 g/mol. The van der Waals surface area contributed by atoms with Crippen LogP contribution in [0.5, 0.6) is 0 Å². The van der Waals surface area contributed by atoms with Crippen LogP contribution >= 0.6 is 0 Å². The summed E-state index contributed by atoms with van der Waals surface area (Å²) in [5, 5.41) is 13.1. The van der Waals surface area contributed by atoms with E-state index in [0.717, 1.165) is 0 Å². The van der Waals surface area contributed by atoms with Gasteiger partial charge in [0.2, 0.25) is 0 Å². The highest BCUT2D eigenvalue weighted by Gasteiger charge is 2.50. The third-order valence-electron chi connectivity index (χ3n) is 7.30. The van der Waals surface area contributed by atoms with Crippen LogP contribution in [0.1, 0.15) is 67.4 Å². The van der Waals surface area contributed by atoms with E-state index in [4.69, 9.17) is 4.74 Å². The molecule has 1 heterocycles. The van der Waals surface area contributed by atoms with E-state index in [1.165, 1.54) is 26.0 Å². The zero-order valence-electron chi connectivity index (χ0n) is 20.0. The Labute approximate surface area is 208 Å². The number of aliphatic hydroxyl groups is 1. The Morgan fingerprint density at radius 1 is 1.00 bits per heavy atom. The van der Waals surface area contributed by atoms with Crippen molar-refractivity contribution in [2.45, 2.75) is 75.2 Å². The van der Waals surface area contributed by atoms with Gasteiger partial charge in [-0.1, -0.05) is 12.1 Å². The second-order valence-corrected chi connectivity index (χ2v) is 10.0. The zero-order valence-corrected chi connectivity index (χ0v) is 20.0. The van der Waals surface area contributed by atoms with E-state index < -0.39 is 65.0 Å². The van der Waals surface area contributed by atoms with E-state index in [-0.39, 0.29) is 24.0 Å². The van der Waals surface area contributed by atoms with E-state index in [1.807, 2.05) is 0 Å². The topological polar surface area (TPSA) is 58.6 Å². The van der Waals surface area contributed by atoms with Crippen LogP contribution in [0.15, 0.2) is 42.5 Å². The van der Waals surface area contributed by atoms with Crippen molar-refractivity contribution in [2.75, 3.05) is 0 Å². The third-order valence-corrected chi connectivity index (χ3v) is 7.30. The SMILES string of the molecule is C[C@@H](O[C@H]1CC[C@@H](C2C[C@@](C)(O)C(=O)N2)[C@@H]1c1ccc(F)cc1)c1cc(C(F)(F)F)cc(C(F)(F)F)c1. The molecule has 0 bridgehead atoms. The minimum atomic E-state index is -4.98. The maximum atomic E-state index is 13.6. The van der Waals surface area contributed by atoms with Gasteiger partial charge < -0.3 is 15.2 Å². The molecule has 4 rings (SSSR count). The molecule has 0 spiro atoms. The maximum Gasteiger partial charge on any atom is 0.416 e. The lowest BCUT2D eigenvalue weighted by Crippen LogP contribution is -2.37. The van der Waals surface area contributed by atoms with Crippen LogP contribution in [0.4, 0.5) is 30.7 Å². The Morgan fingerprint density at radius 3 is 2.05 bits per heavy atom. The molecule has 6 atom stereocenters. The number of hydrogen-bond donors (Lipinski definition) is 2. The first-order valence-electron chi connectivity index (χ1n) is 11.8. The molecule has 1 aliphatic heterocycles. The number of carbonyl (C=O) groups is 1. The molecule has 1 amide bonds. The summed E-state index contributed by atoms with van der Waals surface area (Å²) in [4.78, 5) is 12.2. The van der Waals surface area contributed by atoms with Crippen molar-refractivity contribution in [3.63, 3.8) is 0 Å². The highest BCUT2D eigenvalue weighted by atomic mass is 19.4. The van der Waals surface area contributed by atoms with E-state index >= 15 is 0 Å². The molecule has 1 aliphatic carbocycles. The van der Waals surface area contributed by atoms with Gasteiger partial charge in [-0.15, -0.1) is 0 Å². The summed E-state index contributed by atoms with van der Waals surface area (Å²) in [6.45, 7) is 2.78. The fraction of sp³-hybridized carbons (Fsp3) is 0.500. The lowest BCUT2D eigenvalue weighted by molar-refractivity contribution is -0.143. The predicted octanol–water partition coefficient (Wildman–Crippen LogP) is 6.14. The Balaban J connectivity index is 1.65. The highest BCUT2D eigenvalue weighted by molar-refractivity contribution is 5.87. The van der Waals surface area contributed by atoms with Gasteiger partial charge in [0.1, 0.15) is 11.4 Å². The van der Waals surface area contributed by atoms with Gasteiger partial charge in [0.25, 0.3) is 5.91 Å². The van der Waals surface area contributed by atoms with Gasteiger partial charge in [0.15, 0.2) is 0 Å². The molecule has 2 aliphatic rings. The van der Waals surface area contributed by atoms with Crippen molar-refractivity contribution in [2.24, 2.45) is 5.92 Å². The van der Waals surface area contributed by atoms with Gasteiger partial charge in [0, 0.05) is 18.4 Å². The highest BCUT2D eigenvalue weighted by Crippen LogP contribution is 2.48. The van der Waals surface area contributed by atoms with Crippen LogP contribution in [-0.2, 0) is 21.9 Å². The van der Waals surface area contributed by atoms with E-state index in [9.17, 15) is 40.6 Å². The van der Waals surface area contributed by atoms with Crippen molar-refractivity contribution in [1.82, 2.24) is 5.32 Å². The van der Waals surface area contributed by atoms with Crippen molar-refractivity contribution < 1.29 is 45.4 Å². The summed E-state index contributed by atoms with van der Waals surface area (Å²) in [5.41, 5.74) is -4.05. The van der Waals surface area contributed by atoms with E-state index in [0.29, 0.717) is 30.5 Å². The summed E-state index contributed by atoms with van der Waals surface area (Å²) >= 11 is 0. The van der Waals surface area contributed by atoms with Gasteiger partial charge in [-0.25, -0.2) is 4.39 Å². The van der Waals surface area contributed by atoms with Crippen LogP contribution in [0.3, 0.4) is 0 Å². The van der Waals surface area contributed by atoms with Gasteiger partial charge in [0.05, 0.1) is 23.3 Å². The van der Waals surface area contributed by atoms with Crippen LogP contribution in [0.2, 0.25) is 0 Å². The fourth-order valence-electron chi connectivity index (χ4n) is 5.45. The molecule has 2 aromatic rings. The first-order chi connectivity index (χ1) is 17.1. The minimum Gasteiger partial charge on any atom is -0.380 e. The minimum absolute atomic E-state index is 0.0673. The van der Waals surface area contributed by atoms with Gasteiger partial charge in [-0.3, -0.25) is 4.79 Å². The molecule has 2 fully saturated rings. The first kappa shape index (κ1) is 27.4. The molecular weight excluding hydrogens is 507 g/mol. The fourth-order valence-corrected chi connectivity index (χ4v) is 5.45. The van der Waals surface area contributed by atoms with Crippen molar-refractivity contribution in [3.05, 3.63) is 70.5 Å². The molecule has 0 aromatic heterocycles. The summed E-state index contributed by atoms with van der Waals surface area (Å²) in [6, 6.07) is 6.50. The smallest absolute Gasteiger partial charge is 0.380 e. The molecule has 0 radical (unpaired) electrons. The molecule has 1 saturated carbocycles. The quantitative estimate of drug-likeness (QED) is 0.454. The Morgan fingerprint density at radius 2 is 1.57 bits per heavy atom. The molecule has 4 nitrogen and oxygen atoms in total. The zero-order chi connectivity index (χ0) is 27.3. The van der Waals surface area contributed by atoms with Crippen molar-refractivity contribution in [1.29, 1.82) is 0 Å². The summed E-state index contributed by atoms with van der Waals surface area (Å²) in [5.74, 6) is -1.72. The number of benzene rings is 2. The normalized spacial score (nSPS) is 29.4. The molecule has 2 N–H and O–H groups in total. The largest absolute Gasteiger partial charge is 0.416 e. The van der Waals surface area contributed by atoms with E-state index in [2.05, 4.69) is 5.32 Å². The standard InChI is InChI=1S/C26H26F7NO3/c1-13(15-9-16(25(28,29)30)11-17(10-15)26(31,32)33)37-21-8-7-19(20-12-24(2,36)23(35)34-20)22(21)14-3-5-18(27)6-4-14/h3-6,9-11,13,19-22,36H,7-8,12H2,1-2H3,(H,34,35)/t13-,19+,20?,21+,22+,24-/m1/s1. The lowest BCUT2D eigenvalue weighted by atomic mass is 9.81. The van der Waals surface area contributed by atoms with Gasteiger partial charge >= 0.3 is 12.4 Å². The molecule has 2 aromatic carbocycles. The van der Waals surface area contributed by atoms with Crippen LogP contribution in [-0.4, -0.2) is 28.8 Å². The molecule has 1 unspecified atom stereocenters. The van der Waals surface area contributed by atoms with Crippen LogP contribution < -0.4 is 5.32 Å². The number of halogens is 7.